The van der Waals surface area contributed by atoms with Gasteiger partial charge in [-0.25, -0.2) is 9.97 Å². The Morgan fingerprint density at radius 1 is 1.05 bits per heavy atom. The molecule has 4 rings (SSSR count). The molecule has 3 heterocycles. The predicted octanol–water partition coefficient (Wildman–Crippen LogP) is 1.61. The maximum absolute atomic E-state index is 5.98. The van der Waals surface area contributed by atoms with Crippen molar-refractivity contribution in [2.75, 3.05) is 36.8 Å². The van der Waals surface area contributed by atoms with Crippen molar-refractivity contribution in [3.8, 4) is 0 Å². The first kappa shape index (κ1) is 12.4. The molecular formula is C15H23N5. The molecule has 2 aliphatic heterocycles. The van der Waals surface area contributed by atoms with E-state index in [0.29, 0.717) is 17.8 Å². The van der Waals surface area contributed by atoms with Crippen molar-refractivity contribution < 1.29 is 0 Å². The number of nitrogens with zero attached hydrogens (tertiary/aromatic N) is 4. The second-order valence-corrected chi connectivity index (χ2v) is 6.42. The maximum atomic E-state index is 5.98. The largest absolute Gasteiger partial charge is 0.384 e. The van der Waals surface area contributed by atoms with Crippen LogP contribution in [-0.4, -0.2) is 47.1 Å². The van der Waals surface area contributed by atoms with E-state index in [4.69, 9.17) is 10.7 Å². The SMILES string of the molecule is Nc1cc(N2CCN3CCCCC3C2)nc(C2CC2)n1. The lowest BCUT2D eigenvalue weighted by Gasteiger charge is -2.44. The zero-order valence-electron chi connectivity index (χ0n) is 12.0. The Kier molecular flexibility index (Phi) is 3.02. The van der Waals surface area contributed by atoms with Crippen LogP contribution >= 0.6 is 0 Å². The van der Waals surface area contributed by atoms with E-state index in [1.807, 2.05) is 6.07 Å². The molecule has 0 amide bonds. The smallest absolute Gasteiger partial charge is 0.136 e. The number of piperazine rings is 1. The Bertz CT molecular complexity index is 499. The van der Waals surface area contributed by atoms with E-state index in [1.54, 1.807) is 0 Å². The van der Waals surface area contributed by atoms with E-state index < -0.39 is 0 Å². The van der Waals surface area contributed by atoms with Gasteiger partial charge in [0.15, 0.2) is 0 Å². The molecule has 5 nitrogen and oxygen atoms in total. The van der Waals surface area contributed by atoms with Crippen molar-refractivity contribution in [1.82, 2.24) is 14.9 Å². The molecule has 1 aliphatic carbocycles. The Morgan fingerprint density at radius 3 is 2.80 bits per heavy atom. The molecule has 2 saturated heterocycles. The Labute approximate surface area is 120 Å². The van der Waals surface area contributed by atoms with Crippen LogP contribution in [0.3, 0.4) is 0 Å². The lowest BCUT2D eigenvalue weighted by molar-refractivity contribution is 0.133. The molecule has 0 radical (unpaired) electrons. The van der Waals surface area contributed by atoms with E-state index in [-0.39, 0.29) is 0 Å². The van der Waals surface area contributed by atoms with Gasteiger partial charge in [0.2, 0.25) is 0 Å². The Balaban J connectivity index is 1.55. The average Bonchev–Trinajstić information content (AvgIpc) is 3.31. The van der Waals surface area contributed by atoms with E-state index in [0.717, 1.165) is 31.3 Å². The Hall–Kier alpha value is -1.36. The minimum absolute atomic E-state index is 0.563. The number of hydrogen-bond donors (Lipinski definition) is 1. The van der Waals surface area contributed by atoms with Crippen LogP contribution in [0.5, 0.6) is 0 Å². The number of piperidine rings is 1. The van der Waals surface area contributed by atoms with Gasteiger partial charge < -0.3 is 10.6 Å². The molecule has 108 valence electrons. The fourth-order valence-corrected chi connectivity index (χ4v) is 3.52. The summed E-state index contributed by atoms with van der Waals surface area (Å²) in [4.78, 5) is 14.2. The van der Waals surface area contributed by atoms with E-state index in [1.165, 1.54) is 38.6 Å². The molecule has 0 spiro atoms. The molecule has 5 heteroatoms. The van der Waals surface area contributed by atoms with Crippen LogP contribution in [-0.2, 0) is 0 Å². The van der Waals surface area contributed by atoms with Gasteiger partial charge in [0.05, 0.1) is 0 Å². The van der Waals surface area contributed by atoms with E-state index in [2.05, 4.69) is 14.8 Å². The fourth-order valence-electron chi connectivity index (χ4n) is 3.52. The number of rotatable bonds is 2. The molecule has 1 aromatic rings. The van der Waals surface area contributed by atoms with Crippen LogP contribution in [0, 0.1) is 0 Å². The molecule has 1 aromatic heterocycles. The predicted molar refractivity (Wildman–Crippen MR) is 79.8 cm³/mol. The van der Waals surface area contributed by atoms with Gasteiger partial charge in [-0.05, 0) is 32.2 Å². The maximum Gasteiger partial charge on any atom is 0.136 e. The quantitative estimate of drug-likeness (QED) is 0.887. The molecule has 1 saturated carbocycles. The number of hydrogen-bond acceptors (Lipinski definition) is 5. The zero-order valence-corrected chi connectivity index (χ0v) is 12.0. The van der Waals surface area contributed by atoms with Crippen LogP contribution in [0.2, 0.25) is 0 Å². The summed E-state index contributed by atoms with van der Waals surface area (Å²) in [5.74, 6) is 3.20. The van der Waals surface area contributed by atoms with Crippen molar-refractivity contribution in [1.29, 1.82) is 0 Å². The van der Waals surface area contributed by atoms with Crippen LogP contribution in [0.4, 0.5) is 11.6 Å². The average molecular weight is 273 g/mol. The molecular weight excluding hydrogens is 250 g/mol. The lowest BCUT2D eigenvalue weighted by Crippen LogP contribution is -2.55. The van der Waals surface area contributed by atoms with Gasteiger partial charge in [-0.15, -0.1) is 0 Å². The summed E-state index contributed by atoms with van der Waals surface area (Å²) >= 11 is 0. The lowest BCUT2D eigenvalue weighted by atomic mass is 9.99. The molecule has 0 aromatic carbocycles. The third-order valence-corrected chi connectivity index (χ3v) is 4.85. The summed E-state index contributed by atoms with van der Waals surface area (Å²) in [5.41, 5.74) is 5.98. The number of fused-ring (bicyclic) bond motifs is 1. The number of nitrogen functional groups attached to an aromatic ring is 1. The summed E-state index contributed by atoms with van der Waals surface area (Å²) in [5, 5.41) is 0. The van der Waals surface area contributed by atoms with E-state index >= 15 is 0 Å². The first-order valence-electron chi connectivity index (χ1n) is 7.93. The third-order valence-electron chi connectivity index (χ3n) is 4.85. The van der Waals surface area contributed by atoms with Crippen molar-refractivity contribution in [3.05, 3.63) is 11.9 Å². The van der Waals surface area contributed by atoms with Crippen molar-refractivity contribution in [3.63, 3.8) is 0 Å². The minimum atomic E-state index is 0.563. The zero-order chi connectivity index (χ0) is 13.5. The van der Waals surface area contributed by atoms with Crippen LogP contribution < -0.4 is 10.6 Å². The summed E-state index contributed by atoms with van der Waals surface area (Å²) in [7, 11) is 0. The molecule has 3 aliphatic rings. The molecule has 1 unspecified atom stereocenters. The summed E-state index contributed by atoms with van der Waals surface area (Å²) in [6, 6.07) is 2.66. The van der Waals surface area contributed by atoms with Gasteiger partial charge in [-0.3, -0.25) is 4.90 Å². The normalized spacial score (nSPS) is 27.4. The summed E-state index contributed by atoms with van der Waals surface area (Å²) < 4.78 is 0. The number of anilines is 2. The van der Waals surface area contributed by atoms with Crippen molar-refractivity contribution in [2.24, 2.45) is 0 Å². The highest BCUT2D eigenvalue weighted by Gasteiger charge is 2.31. The molecule has 3 fully saturated rings. The van der Waals surface area contributed by atoms with Crippen LogP contribution in [0.25, 0.3) is 0 Å². The van der Waals surface area contributed by atoms with Crippen LogP contribution in [0.15, 0.2) is 6.07 Å². The summed E-state index contributed by atoms with van der Waals surface area (Å²) in [6.07, 6.45) is 6.50. The first-order chi connectivity index (χ1) is 9.79. The van der Waals surface area contributed by atoms with Gasteiger partial charge >= 0.3 is 0 Å². The standard InChI is InChI=1S/C15H23N5/c16-13-9-14(18-15(17-13)11-4-5-11)20-8-7-19-6-2-1-3-12(19)10-20/h9,11-12H,1-8,10H2,(H2,16,17,18). The van der Waals surface area contributed by atoms with Gasteiger partial charge in [0.1, 0.15) is 17.5 Å². The highest BCUT2D eigenvalue weighted by atomic mass is 15.3. The van der Waals surface area contributed by atoms with Gasteiger partial charge in [0, 0.05) is 37.7 Å². The number of nitrogens with two attached hydrogens (primary N) is 1. The topological polar surface area (TPSA) is 58.3 Å². The minimum Gasteiger partial charge on any atom is -0.384 e. The molecule has 2 N–H and O–H groups in total. The first-order valence-corrected chi connectivity index (χ1v) is 7.93. The van der Waals surface area contributed by atoms with Crippen molar-refractivity contribution >= 4 is 11.6 Å². The van der Waals surface area contributed by atoms with Crippen molar-refractivity contribution in [2.45, 2.75) is 44.1 Å². The fraction of sp³-hybridized carbons (Fsp3) is 0.733. The third kappa shape index (κ3) is 2.35. The van der Waals surface area contributed by atoms with Gasteiger partial charge in [-0.2, -0.15) is 0 Å². The second kappa shape index (κ2) is 4.88. The highest BCUT2D eigenvalue weighted by Crippen LogP contribution is 2.39. The van der Waals surface area contributed by atoms with Crippen LogP contribution in [0.1, 0.15) is 43.8 Å². The van der Waals surface area contributed by atoms with E-state index in [9.17, 15) is 0 Å². The Morgan fingerprint density at radius 2 is 1.95 bits per heavy atom. The second-order valence-electron chi connectivity index (χ2n) is 6.42. The summed E-state index contributed by atoms with van der Waals surface area (Å²) in [6.45, 7) is 4.60. The highest BCUT2D eigenvalue weighted by molar-refractivity contribution is 5.48. The number of aromatic nitrogens is 2. The molecule has 20 heavy (non-hydrogen) atoms. The van der Waals surface area contributed by atoms with Gasteiger partial charge in [-0.1, -0.05) is 6.42 Å². The molecule has 1 atom stereocenters. The molecule has 0 bridgehead atoms. The van der Waals surface area contributed by atoms with Gasteiger partial charge in [0.25, 0.3) is 0 Å². The monoisotopic (exact) mass is 273 g/mol.